The molecule has 0 fully saturated rings. The number of carbonyl (C=O) groups excluding carboxylic acids is 2. The normalized spacial score (nSPS) is 10.6. The maximum atomic E-state index is 13.8. The van der Waals surface area contributed by atoms with Crippen LogP contribution in [0, 0.1) is 5.82 Å². The van der Waals surface area contributed by atoms with E-state index in [-0.39, 0.29) is 33.8 Å². The van der Waals surface area contributed by atoms with Crippen molar-refractivity contribution >= 4 is 40.7 Å². The summed E-state index contributed by atoms with van der Waals surface area (Å²) in [7, 11) is 0. The minimum atomic E-state index is -0.726. The highest BCUT2D eigenvalue weighted by atomic mass is 35.5. The molecule has 2 amide bonds. The van der Waals surface area contributed by atoms with E-state index >= 15 is 0 Å². The molecule has 0 aliphatic carbocycles. The molecule has 0 aliphatic rings. The Balaban J connectivity index is 2.34. The second-order valence-electron chi connectivity index (χ2n) is 5.40. The van der Waals surface area contributed by atoms with Crippen LogP contribution in [-0.2, 0) is 0 Å². The Bertz CT molecular complexity index is 794. The van der Waals surface area contributed by atoms with Gasteiger partial charge in [-0.2, -0.15) is 0 Å². The summed E-state index contributed by atoms with van der Waals surface area (Å²) < 4.78 is 13.8. The molecule has 0 bridgehead atoms. The molecule has 2 rings (SSSR count). The Morgan fingerprint density at radius 1 is 0.958 bits per heavy atom. The van der Waals surface area contributed by atoms with Gasteiger partial charge in [0.2, 0.25) is 0 Å². The third kappa shape index (κ3) is 4.46. The lowest BCUT2D eigenvalue weighted by molar-refractivity contribution is 0.0944. The van der Waals surface area contributed by atoms with Gasteiger partial charge in [0.15, 0.2) is 0 Å². The molecule has 0 radical (unpaired) electrons. The molecule has 0 aliphatic heterocycles. The second-order valence-corrected chi connectivity index (χ2v) is 6.27. The molecule has 0 heterocycles. The van der Waals surface area contributed by atoms with Crippen molar-refractivity contribution in [3.05, 3.63) is 63.4 Å². The number of benzene rings is 2. The maximum absolute atomic E-state index is 13.8. The van der Waals surface area contributed by atoms with Crippen LogP contribution in [0.5, 0.6) is 0 Å². The van der Waals surface area contributed by atoms with Crippen molar-refractivity contribution in [1.29, 1.82) is 0 Å². The zero-order valence-corrected chi connectivity index (χ0v) is 14.5. The first kappa shape index (κ1) is 18.2. The molecule has 0 saturated heterocycles. The Hall–Kier alpha value is -2.11. The molecular formula is C17H15Cl2FN2O2. The van der Waals surface area contributed by atoms with Crippen molar-refractivity contribution in [3.63, 3.8) is 0 Å². The van der Waals surface area contributed by atoms with Crippen LogP contribution < -0.4 is 10.6 Å². The van der Waals surface area contributed by atoms with E-state index in [9.17, 15) is 14.0 Å². The van der Waals surface area contributed by atoms with Crippen LogP contribution in [0.15, 0.2) is 36.4 Å². The van der Waals surface area contributed by atoms with Gasteiger partial charge in [0, 0.05) is 16.1 Å². The van der Waals surface area contributed by atoms with Crippen molar-refractivity contribution in [1.82, 2.24) is 5.32 Å². The first-order valence-corrected chi connectivity index (χ1v) is 7.90. The van der Waals surface area contributed by atoms with Crippen LogP contribution in [0.25, 0.3) is 0 Å². The van der Waals surface area contributed by atoms with Crippen molar-refractivity contribution < 1.29 is 14.0 Å². The van der Waals surface area contributed by atoms with E-state index in [2.05, 4.69) is 10.6 Å². The summed E-state index contributed by atoms with van der Waals surface area (Å²) in [6, 6.07) is 8.02. The molecule has 0 spiro atoms. The number of nitrogens with one attached hydrogen (secondary N) is 2. The molecular weight excluding hydrogens is 354 g/mol. The molecule has 0 aromatic heterocycles. The van der Waals surface area contributed by atoms with Gasteiger partial charge >= 0.3 is 0 Å². The van der Waals surface area contributed by atoms with E-state index in [1.165, 1.54) is 30.3 Å². The number of rotatable bonds is 4. The quantitative estimate of drug-likeness (QED) is 0.832. The van der Waals surface area contributed by atoms with Crippen LogP contribution in [-0.4, -0.2) is 17.9 Å². The molecule has 2 aromatic carbocycles. The zero-order chi connectivity index (χ0) is 17.9. The van der Waals surface area contributed by atoms with Gasteiger partial charge in [0.25, 0.3) is 11.8 Å². The van der Waals surface area contributed by atoms with Gasteiger partial charge in [-0.3, -0.25) is 9.59 Å². The first-order valence-electron chi connectivity index (χ1n) is 7.14. The number of amides is 2. The van der Waals surface area contributed by atoms with E-state index in [4.69, 9.17) is 23.2 Å². The first-order chi connectivity index (χ1) is 11.3. The second kappa shape index (κ2) is 7.64. The highest BCUT2D eigenvalue weighted by Crippen LogP contribution is 2.23. The fraction of sp³-hybridized carbons (Fsp3) is 0.176. The predicted octanol–water partition coefficient (Wildman–Crippen LogP) is 4.52. The molecule has 2 aromatic rings. The average Bonchev–Trinajstić information content (AvgIpc) is 2.49. The summed E-state index contributed by atoms with van der Waals surface area (Å²) in [6.45, 7) is 3.63. The standard InChI is InChI=1S/C17H15Cl2FN2O2/c1-9(2)21-16(23)12-5-3-11(19)8-15(12)22-17(24)13-7-10(18)4-6-14(13)20/h3-9H,1-2H3,(H,21,23)(H,22,24). The third-order valence-corrected chi connectivity index (χ3v) is 3.54. The number of carbonyl (C=O) groups is 2. The predicted molar refractivity (Wildman–Crippen MR) is 93.4 cm³/mol. The van der Waals surface area contributed by atoms with Crippen molar-refractivity contribution in [2.75, 3.05) is 5.32 Å². The van der Waals surface area contributed by atoms with Crippen molar-refractivity contribution in [2.24, 2.45) is 0 Å². The lowest BCUT2D eigenvalue weighted by atomic mass is 10.1. The minimum absolute atomic E-state index is 0.0814. The fourth-order valence-corrected chi connectivity index (χ4v) is 2.36. The Morgan fingerprint density at radius 2 is 1.58 bits per heavy atom. The Labute approximate surface area is 149 Å². The zero-order valence-electron chi connectivity index (χ0n) is 13.0. The number of anilines is 1. The fourth-order valence-electron chi connectivity index (χ4n) is 2.02. The van der Waals surface area contributed by atoms with Gasteiger partial charge in [-0.25, -0.2) is 4.39 Å². The Kier molecular flexibility index (Phi) is 5.80. The lowest BCUT2D eigenvalue weighted by Crippen LogP contribution is -2.31. The average molecular weight is 369 g/mol. The lowest BCUT2D eigenvalue weighted by Gasteiger charge is -2.14. The summed E-state index contributed by atoms with van der Waals surface area (Å²) in [6.07, 6.45) is 0. The van der Waals surface area contributed by atoms with Gasteiger partial charge in [0.1, 0.15) is 5.82 Å². The Morgan fingerprint density at radius 3 is 2.25 bits per heavy atom. The summed E-state index contributed by atoms with van der Waals surface area (Å²) in [5.74, 6) is -1.81. The van der Waals surface area contributed by atoms with E-state index in [1.807, 2.05) is 13.8 Å². The van der Waals surface area contributed by atoms with E-state index in [1.54, 1.807) is 0 Å². The topological polar surface area (TPSA) is 58.2 Å². The van der Waals surface area contributed by atoms with Crippen LogP contribution in [0.3, 0.4) is 0 Å². The van der Waals surface area contributed by atoms with Gasteiger partial charge in [-0.1, -0.05) is 23.2 Å². The van der Waals surface area contributed by atoms with E-state index in [0.29, 0.717) is 5.02 Å². The molecule has 126 valence electrons. The number of halogens is 3. The SMILES string of the molecule is CC(C)NC(=O)c1ccc(Cl)cc1NC(=O)c1cc(Cl)ccc1F. The largest absolute Gasteiger partial charge is 0.350 e. The monoisotopic (exact) mass is 368 g/mol. The van der Waals surface area contributed by atoms with Gasteiger partial charge < -0.3 is 10.6 Å². The van der Waals surface area contributed by atoms with Gasteiger partial charge in [-0.15, -0.1) is 0 Å². The smallest absolute Gasteiger partial charge is 0.258 e. The summed E-state index contributed by atoms with van der Waals surface area (Å²) in [4.78, 5) is 24.5. The van der Waals surface area contributed by atoms with E-state index in [0.717, 1.165) is 6.07 Å². The molecule has 4 nitrogen and oxygen atoms in total. The number of hydrogen-bond donors (Lipinski definition) is 2. The third-order valence-electron chi connectivity index (χ3n) is 3.07. The van der Waals surface area contributed by atoms with Crippen LogP contribution in [0.1, 0.15) is 34.6 Å². The van der Waals surface area contributed by atoms with Crippen molar-refractivity contribution in [3.8, 4) is 0 Å². The summed E-state index contributed by atoms with van der Waals surface area (Å²) >= 11 is 11.7. The van der Waals surface area contributed by atoms with Crippen LogP contribution in [0.4, 0.5) is 10.1 Å². The summed E-state index contributed by atoms with van der Waals surface area (Å²) in [5.41, 5.74) is 0.187. The van der Waals surface area contributed by atoms with Crippen LogP contribution in [0.2, 0.25) is 10.0 Å². The van der Waals surface area contributed by atoms with Crippen LogP contribution >= 0.6 is 23.2 Å². The summed E-state index contributed by atoms with van der Waals surface area (Å²) in [5, 5.41) is 5.79. The maximum Gasteiger partial charge on any atom is 0.258 e. The molecule has 0 unspecified atom stereocenters. The highest BCUT2D eigenvalue weighted by molar-refractivity contribution is 6.31. The molecule has 0 atom stereocenters. The van der Waals surface area contributed by atoms with E-state index < -0.39 is 11.7 Å². The highest BCUT2D eigenvalue weighted by Gasteiger charge is 2.18. The number of hydrogen-bond acceptors (Lipinski definition) is 2. The van der Waals surface area contributed by atoms with Gasteiger partial charge in [-0.05, 0) is 50.2 Å². The molecule has 24 heavy (non-hydrogen) atoms. The molecule has 0 saturated carbocycles. The minimum Gasteiger partial charge on any atom is -0.350 e. The molecule has 2 N–H and O–H groups in total. The molecule has 7 heteroatoms. The van der Waals surface area contributed by atoms with Crippen molar-refractivity contribution in [2.45, 2.75) is 19.9 Å². The van der Waals surface area contributed by atoms with Gasteiger partial charge in [0.05, 0.1) is 16.8 Å².